The molecule has 0 amide bonds. The summed E-state index contributed by atoms with van der Waals surface area (Å²) in [7, 11) is 0. The molecular weight excluding hydrogens is 520 g/mol. The fourth-order valence-electron chi connectivity index (χ4n) is 2.50. The summed E-state index contributed by atoms with van der Waals surface area (Å²) in [5.74, 6) is -2.06. The van der Waals surface area contributed by atoms with E-state index in [-0.39, 0.29) is 11.6 Å². The number of halogens is 4. The lowest BCUT2D eigenvalue weighted by molar-refractivity contribution is -0.130. The first kappa shape index (κ1) is 13.3. The molecule has 2 nitrogen and oxygen atoms in total. The highest BCUT2D eigenvalue weighted by atomic mass is 127. The lowest BCUT2D eigenvalue weighted by Gasteiger charge is -2.23. The Morgan fingerprint density at radius 1 is 0.895 bits per heavy atom. The molecule has 0 N–H and O–H groups in total. The summed E-state index contributed by atoms with van der Waals surface area (Å²) < 4.78 is 41.1. The van der Waals surface area contributed by atoms with Crippen LogP contribution in [0.3, 0.4) is 0 Å². The average molecular weight is 524 g/mol. The van der Waals surface area contributed by atoms with Crippen LogP contribution < -0.4 is 0 Å². The van der Waals surface area contributed by atoms with Crippen LogP contribution in [0.5, 0.6) is 0 Å². The van der Waals surface area contributed by atoms with Crippen LogP contribution in [0.15, 0.2) is 0 Å². The maximum atomic E-state index is 14.4. The van der Waals surface area contributed by atoms with Crippen molar-refractivity contribution in [3.8, 4) is 9.75 Å². The van der Waals surface area contributed by atoms with E-state index in [9.17, 15) is 8.78 Å². The van der Waals surface area contributed by atoms with Crippen molar-refractivity contribution >= 4 is 67.9 Å². The van der Waals surface area contributed by atoms with Gasteiger partial charge < -0.3 is 9.47 Å². The Labute approximate surface area is 142 Å². The minimum Gasteiger partial charge on any atom is -0.340 e. The van der Waals surface area contributed by atoms with Gasteiger partial charge >= 0.3 is 0 Å². The molecule has 8 heteroatoms. The fraction of sp³-hybridized carbons (Fsp3) is 0.273. The number of ether oxygens (including phenoxy) is 2. The molecular formula is C11H4F2I2O2S2. The maximum absolute atomic E-state index is 14.4. The van der Waals surface area contributed by atoms with E-state index in [4.69, 9.17) is 9.47 Å². The summed E-state index contributed by atoms with van der Waals surface area (Å²) in [6.45, 7) is 0.688. The summed E-state index contributed by atoms with van der Waals surface area (Å²) in [6.07, 6.45) is 0. The molecule has 1 aliphatic carbocycles. The van der Waals surface area contributed by atoms with Gasteiger partial charge in [0, 0.05) is 0 Å². The standard InChI is InChI=1S/C11H4F2I2O2S2/c12-5-3-7(18-9(5)14)8-4(6(13)10(15)19-8)11(3)16-1-2-17-11/h1-2H2. The molecule has 0 aromatic carbocycles. The zero-order chi connectivity index (χ0) is 13.4. The second kappa shape index (κ2) is 4.32. The molecule has 1 fully saturated rings. The Bertz CT molecular complexity index is 650. The highest BCUT2D eigenvalue weighted by Gasteiger charge is 2.55. The topological polar surface area (TPSA) is 18.5 Å². The Balaban J connectivity index is 2.12. The van der Waals surface area contributed by atoms with Gasteiger partial charge in [-0.15, -0.1) is 22.7 Å². The number of thiophene rings is 2. The van der Waals surface area contributed by atoms with Gasteiger partial charge in [-0.2, -0.15) is 0 Å². The molecule has 0 radical (unpaired) electrons. The number of fused-ring (bicyclic) bond motifs is 5. The number of hydrogen-bond acceptors (Lipinski definition) is 4. The lowest BCUT2D eigenvalue weighted by Crippen LogP contribution is -2.27. The van der Waals surface area contributed by atoms with Crippen molar-refractivity contribution in [1.29, 1.82) is 0 Å². The molecule has 0 unspecified atom stereocenters. The molecule has 2 aliphatic rings. The highest BCUT2D eigenvalue weighted by Crippen LogP contribution is 2.60. The van der Waals surface area contributed by atoms with Crippen molar-refractivity contribution < 1.29 is 18.3 Å². The van der Waals surface area contributed by atoms with Crippen LogP contribution in [0.4, 0.5) is 8.78 Å². The molecule has 2 aromatic rings. The molecule has 0 saturated carbocycles. The first-order valence-corrected chi connectivity index (χ1v) is 9.10. The Hall–Kier alpha value is 0.640. The number of hydrogen-bond donors (Lipinski definition) is 0. The van der Waals surface area contributed by atoms with Crippen molar-refractivity contribution in [3.05, 3.63) is 28.5 Å². The summed E-state index contributed by atoms with van der Waals surface area (Å²) in [4.78, 5) is 1.48. The lowest BCUT2D eigenvalue weighted by atomic mass is 10.1. The van der Waals surface area contributed by atoms with Crippen LogP contribution >= 0.6 is 67.9 Å². The minimum atomic E-state index is -1.36. The van der Waals surface area contributed by atoms with Crippen molar-refractivity contribution in [2.45, 2.75) is 5.79 Å². The fourth-order valence-corrected chi connectivity index (χ4v) is 6.39. The van der Waals surface area contributed by atoms with Crippen molar-refractivity contribution in [3.63, 3.8) is 0 Å². The average Bonchev–Trinajstić information content (AvgIpc) is 3.06. The third-order valence-corrected chi connectivity index (χ3v) is 7.52. The van der Waals surface area contributed by atoms with Crippen LogP contribution in [0.1, 0.15) is 11.1 Å². The molecule has 4 rings (SSSR count). The zero-order valence-corrected chi connectivity index (χ0v) is 15.0. The molecule has 1 spiro atoms. The largest absolute Gasteiger partial charge is 0.340 e. The molecule has 1 saturated heterocycles. The van der Waals surface area contributed by atoms with Crippen LogP contribution in [0, 0.1) is 17.4 Å². The van der Waals surface area contributed by atoms with Gasteiger partial charge in [0.05, 0.1) is 34.1 Å². The molecule has 19 heavy (non-hydrogen) atoms. The second-order valence-corrected chi connectivity index (χ2v) is 9.76. The van der Waals surface area contributed by atoms with E-state index in [1.165, 1.54) is 22.7 Å². The van der Waals surface area contributed by atoms with E-state index < -0.39 is 5.79 Å². The summed E-state index contributed by atoms with van der Waals surface area (Å²) >= 11 is 6.55. The normalized spacial score (nSPS) is 19.2. The molecule has 3 heterocycles. The van der Waals surface area contributed by atoms with Gasteiger partial charge in [-0.05, 0) is 45.2 Å². The van der Waals surface area contributed by atoms with E-state index in [0.29, 0.717) is 30.1 Å². The van der Waals surface area contributed by atoms with Gasteiger partial charge in [-0.3, -0.25) is 0 Å². The van der Waals surface area contributed by atoms with Gasteiger partial charge in [0.2, 0.25) is 5.79 Å². The molecule has 100 valence electrons. The molecule has 0 atom stereocenters. The van der Waals surface area contributed by atoms with Gasteiger partial charge in [-0.1, -0.05) is 0 Å². The Morgan fingerprint density at radius 3 is 1.74 bits per heavy atom. The van der Waals surface area contributed by atoms with Crippen LogP contribution in [0.2, 0.25) is 0 Å². The monoisotopic (exact) mass is 524 g/mol. The van der Waals surface area contributed by atoms with Crippen molar-refractivity contribution in [2.75, 3.05) is 13.2 Å². The van der Waals surface area contributed by atoms with Gasteiger partial charge in [0.1, 0.15) is 5.77 Å². The SMILES string of the molecule is Fc1c(I)sc2c1C1(OCCO1)c1c-2sc(I)c1F. The number of rotatable bonds is 0. The Morgan fingerprint density at radius 2 is 1.32 bits per heavy atom. The van der Waals surface area contributed by atoms with Crippen LogP contribution in [-0.2, 0) is 15.3 Å². The summed E-state index contributed by atoms with van der Waals surface area (Å²) in [5, 5.41) is 0. The molecule has 1 aliphatic heterocycles. The van der Waals surface area contributed by atoms with Gasteiger partial charge in [0.15, 0.2) is 11.6 Å². The predicted molar refractivity (Wildman–Crippen MR) is 85.7 cm³/mol. The third kappa shape index (κ3) is 1.55. The van der Waals surface area contributed by atoms with Crippen LogP contribution in [0.25, 0.3) is 9.75 Å². The highest BCUT2D eigenvalue weighted by molar-refractivity contribution is 14.1. The quantitative estimate of drug-likeness (QED) is 0.473. The summed E-state index contributed by atoms with van der Waals surface area (Å²) in [6, 6.07) is 0. The smallest absolute Gasteiger partial charge is 0.231 e. The van der Waals surface area contributed by atoms with E-state index in [1.807, 2.05) is 45.2 Å². The first-order valence-electron chi connectivity index (χ1n) is 5.31. The first-order chi connectivity index (χ1) is 9.06. The van der Waals surface area contributed by atoms with Crippen molar-refractivity contribution in [1.82, 2.24) is 0 Å². The third-order valence-electron chi connectivity index (χ3n) is 3.18. The van der Waals surface area contributed by atoms with E-state index in [1.54, 1.807) is 0 Å². The van der Waals surface area contributed by atoms with E-state index >= 15 is 0 Å². The predicted octanol–water partition coefficient (Wildman–Crippen LogP) is 4.53. The molecule has 2 aromatic heterocycles. The zero-order valence-electron chi connectivity index (χ0n) is 9.06. The Kier molecular flexibility index (Phi) is 3.03. The molecule has 0 bridgehead atoms. The van der Waals surface area contributed by atoms with Gasteiger partial charge in [-0.25, -0.2) is 8.78 Å². The van der Waals surface area contributed by atoms with E-state index in [0.717, 1.165) is 9.75 Å². The summed E-state index contributed by atoms with van der Waals surface area (Å²) in [5.41, 5.74) is 0.715. The minimum absolute atomic E-state index is 0.344. The van der Waals surface area contributed by atoms with Crippen molar-refractivity contribution in [2.24, 2.45) is 0 Å². The maximum Gasteiger partial charge on any atom is 0.231 e. The van der Waals surface area contributed by atoms with Crippen LogP contribution in [-0.4, -0.2) is 13.2 Å². The van der Waals surface area contributed by atoms with Gasteiger partial charge in [0.25, 0.3) is 0 Å². The van der Waals surface area contributed by atoms with E-state index in [2.05, 4.69) is 0 Å². The second-order valence-electron chi connectivity index (χ2n) is 4.10.